The van der Waals surface area contributed by atoms with Gasteiger partial charge in [0.1, 0.15) is 0 Å². The molecule has 114 valence electrons. The number of aliphatic imine (C=N–C) groups is 1. The summed E-state index contributed by atoms with van der Waals surface area (Å²) >= 11 is 0. The van der Waals surface area contributed by atoms with Crippen LogP contribution in [0.3, 0.4) is 0 Å². The van der Waals surface area contributed by atoms with Crippen molar-refractivity contribution < 1.29 is 18.3 Å². The van der Waals surface area contributed by atoms with Gasteiger partial charge in [-0.1, -0.05) is 0 Å². The summed E-state index contributed by atoms with van der Waals surface area (Å²) in [6.07, 6.45) is -3.19. The third kappa shape index (κ3) is 7.81. The van der Waals surface area contributed by atoms with Crippen molar-refractivity contribution in [2.24, 2.45) is 10.4 Å². The fourth-order valence-electron chi connectivity index (χ4n) is 1.45. The Balaban J connectivity index is 0.00000324. The molecule has 0 aromatic carbocycles. The average Bonchev–Trinajstić information content (AvgIpc) is 3.05. The van der Waals surface area contributed by atoms with Gasteiger partial charge in [0.2, 0.25) is 0 Å². The van der Waals surface area contributed by atoms with E-state index < -0.39 is 12.6 Å². The van der Waals surface area contributed by atoms with Crippen LogP contribution in [-0.2, 0) is 0 Å². The number of hydrogen-bond acceptors (Lipinski definition) is 2. The van der Waals surface area contributed by atoms with Gasteiger partial charge in [-0.05, 0) is 19.8 Å². The minimum Gasteiger partial charge on any atom is -0.396 e. The quantitative estimate of drug-likeness (QED) is 0.366. The number of nitrogens with one attached hydrogen (secondary N) is 2. The zero-order valence-corrected chi connectivity index (χ0v) is 13.2. The first kappa shape index (κ1) is 18.8. The van der Waals surface area contributed by atoms with Crippen LogP contribution in [0.4, 0.5) is 13.2 Å². The molecule has 0 bridgehead atoms. The average molecular weight is 395 g/mol. The zero-order chi connectivity index (χ0) is 13.6. The fourth-order valence-corrected chi connectivity index (χ4v) is 1.45. The molecule has 0 unspecified atom stereocenters. The zero-order valence-electron chi connectivity index (χ0n) is 10.9. The predicted octanol–water partition coefficient (Wildman–Crippen LogP) is 1.88. The van der Waals surface area contributed by atoms with Gasteiger partial charge in [0.15, 0.2) is 5.96 Å². The first-order valence-electron chi connectivity index (χ1n) is 6.10. The van der Waals surface area contributed by atoms with Crippen LogP contribution < -0.4 is 10.6 Å². The van der Waals surface area contributed by atoms with Crippen LogP contribution in [0.15, 0.2) is 4.99 Å². The summed E-state index contributed by atoms with van der Waals surface area (Å²) in [6.45, 7) is 2.77. The van der Waals surface area contributed by atoms with Crippen molar-refractivity contribution in [1.82, 2.24) is 10.6 Å². The van der Waals surface area contributed by atoms with E-state index in [1.54, 1.807) is 0 Å². The number of aliphatic hydroxyl groups excluding tert-OH is 1. The number of halogens is 4. The van der Waals surface area contributed by atoms with Crippen molar-refractivity contribution in [3.05, 3.63) is 0 Å². The Hall–Kier alpha value is -0.250. The van der Waals surface area contributed by atoms with E-state index in [4.69, 9.17) is 5.11 Å². The second kappa shape index (κ2) is 8.13. The molecule has 0 radical (unpaired) electrons. The molecule has 1 saturated carbocycles. The Bertz CT molecular complexity index is 293. The van der Waals surface area contributed by atoms with Crippen LogP contribution in [-0.4, -0.2) is 43.5 Å². The van der Waals surface area contributed by atoms with E-state index in [-0.39, 0.29) is 42.5 Å². The molecule has 1 aliphatic rings. The van der Waals surface area contributed by atoms with Crippen molar-refractivity contribution in [2.45, 2.75) is 32.4 Å². The second-order valence-corrected chi connectivity index (χ2v) is 4.65. The van der Waals surface area contributed by atoms with Crippen LogP contribution in [0.2, 0.25) is 0 Å². The monoisotopic (exact) mass is 395 g/mol. The molecule has 0 aromatic heterocycles. The van der Waals surface area contributed by atoms with E-state index in [0.717, 1.165) is 12.8 Å². The third-order valence-corrected chi connectivity index (χ3v) is 2.91. The number of nitrogens with zero attached hydrogens (tertiary/aromatic N) is 1. The Labute approximate surface area is 128 Å². The van der Waals surface area contributed by atoms with E-state index in [9.17, 15) is 13.2 Å². The number of alkyl halides is 3. The standard InChI is InChI=1S/C11H20F3N3O.HI/c1-2-15-9(16-6-5-11(12,13)14)17-7-10(8-18)3-4-10;/h18H,2-8H2,1H3,(H2,15,16,17);1H. The smallest absolute Gasteiger partial charge is 0.390 e. The van der Waals surface area contributed by atoms with Crippen LogP contribution >= 0.6 is 24.0 Å². The van der Waals surface area contributed by atoms with Gasteiger partial charge >= 0.3 is 6.18 Å². The number of guanidine groups is 1. The molecule has 1 rings (SSSR count). The lowest BCUT2D eigenvalue weighted by Crippen LogP contribution is -2.39. The highest BCUT2D eigenvalue weighted by Gasteiger charge is 2.41. The molecule has 4 nitrogen and oxygen atoms in total. The van der Waals surface area contributed by atoms with Gasteiger partial charge in [0.05, 0.1) is 19.6 Å². The lowest BCUT2D eigenvalue weighted by Gasteiger charge is -2.14. The van der Waals surface area contributed by atoms with Crippen LogP contribution in [0.25, 0.3) is 0 Å². The van der Waals surface area contributed by atoms with Gasteiger partial charge in [0, 0.05) is 18.5 Å². The molecule has 1 fully saturated rings. The summed E-state index contributed by atoms with van der Waals surface area (Å²) in [5.41, 5.74) is -0.133. The molecule has 8 heteroatoms. The Kier molecular flexibility index (Phi) is 8.02. The van der Waals surface area contributed by atoms with Crippen LogP contribution in [0, 0.1) is 5.41 Å². The van der Waals surface area contributed by atoms with Crippen LogP contribution in [0.1, 0.15) is 26.2 Å². The maximum Gasteiger partial charge on any atom is 0.390 e. The summed E-state index contributed by atoms with van der Waals surface area (Å²) in [5.74, 6) is 0.376. The van der Waals surface area contributed by atoms with E-state index in [0.29, 0.717) is 19.0 Å². The van der Waals surface area contributed by atoms with E-state index >= 15 is 0 Å². The van der Waals surface area contributed by atoms with Gasteiger partial charge in [-0.2, -0.15) is 13.2 Å². The van der Waals surface area contributed by atoms with E-state index in [2.05, 4.69) is 15.6 Å². The molecule has 0 aromatic rings. The molecule has 0 amide bonds. The van der Waals surface area contributed by atoms with Crippen molar-refractivity contribution in [3.63, 3.8) is 0 Å². The summed E-state index contributed by atoms with van der Waals surface area (Å²) in [5, 5.41) is 14.6. The first-order valence-corrected chi connectivity index (χ1v) is 6.10. The van der Waals surface area contributed by atoms with Crippen molar-refractivity contribution in [2.75, 3.05) is 26.2 Å². The Morgan fingerprint density at radius 3 is 2.37 bits per heavy atom. The third-order valence-electron chi connectivity index (χ3n) is 2.91. The number of hydrogen-bond donors (Lipinski definition) is 3. The molecule has 0 aliphatic heterocycles. The van der Waals surface area contributed by atoms with Gasteiger partial charge < -0.3 is 15.7 Å². The highest BCUT2D eigenvalue weighted by atomic mass is 127. The minimum absolute atomic E-state index is 0. The molecule has 0 saturated heterocycles. The van der Waals surface area contributed by atoms with Gasteiger partial charge in [-0.15, -0.1) is 24.0 Å². The van der Waals surface area contributed by atoms with Crippen molar-refractivity contribution in [3.8, 4) is 0 Å². The number of aliphatic hydroxyl groups is 1. The summed E-state index contributed by atoms with van der Waals surface area (Å²) in [6, 6.07) is 0. The highest BCUT2D eigenvalue weighted by Crippen LogP contribution is 2.45. The maximum atomic E-state index is 12.0. The Morgan fingerprint density at radius 2 is 1.95 bits per heavy atom. The molecule has 3 N–H and O–H groups in total. The van der Waals surface area contributed by atoms with E-state index in [1.807, 2.05) is 6.92 Å². The first-order chi connectivity index (χ1) is 8.41. The van der Waals surface area contributed by atoms with Crippen LogP contribution in [0.5, 0.6) is 0 Å². The lowest BCUT2D eigenvalue weighted by molar-refractivity contribution is -0.132. The van der Waals surface area contributed by atoms with Gasteiger partial charge in [-0.25, -0.2) is 0 Å². The predicted molar refractivity (Wildman–Crippen MR) is 78.8 cm³/mol. The minimum atomic E-state index is -4.16. The summed E-state index contributed by atoms with van der Waals surface area (Å²) in [4.78, 5) is 4.21. The summed E-state index contributed by atoms with van der Waals surface area (Å²) < 4.78 is 36.0. The van der Waals surface area contributed by atoms with Gasteiger partial charge in [-0.3, -0.25) is 4.99 Å². The van der Waals surface area contributed by atoms with E-state index in [1.165, 1.54) is 0 Å². The normalized spacial score (nSPS) is 17.6. The lowest BCUT2D eigenvalue weighted by atomic mass is 10.1. The number of rotatable bonds is 6. The molecular formula is C11H21F3IN3O. The highest BCUT2D eigenvalue weighted by molar-refractivity contribution is 14.0. The van der Waals surface area contributed by atoms with Gasteiger partial charge in [0.25, 0.3) is 0 Å². The maximum absolute atomic E-state index is 12.0. The fraction of sp³-hybridized carbons (Fsp3) is 0.909. The van der Waals surface area contributed by atoms with Crippen molar-refractivity contribution in [1.29, 1.82) is 0 Å². The SMILES string of the molecule is CCNC(=NCC1(CO)CC1)NCCC(F)(F)F.I. The topological polar surface area (TPSA) is 56.7 Å². The molecule has 0 heterocycles. The molecule has 0 spiro atoms. The Morgan fingerprint density at radius 1 is 1.32 bits per heavy atom. The molecular weight excluding hydrogens is 374 g/mol. The molecule has 19 heavy (non-hydrogen) atoms. The largest absolute Gasteiger partial charge is 0.396 e. The molecule has 1 aliphatic carbocycles. The second-order valence-electron chi connectivity index (χ2n) is 4.65. The molecule has 0 atom stereocenters. The van der Waals surface area contributed by atoms with Crippen molar-refractivity contribution >= 4 is 29.9 Å². The summed E-state index contributed by atoms with van der Waals surface area (Å²) in [7, 11) is 0.